The summed E-state index contributed by atoms with van der Waals surface area (Å²) in [5, 5.41) is 12.7. The molecule has 0 aliphatic carbocycles. The maximum Gasteiger partial charge on any atom is 0.269 e. The SMILES string of the molecule is O=C(/C=C/c1ccc([N+](=O)[O-])cc1)N1CCN(Cc2cccs2)CC1. The van der Waals surface area contributed by atoms with Gasteiger partial charge >= 0.3 is 0 Å². The van der Waals surface area contributed by atoms with Crippen LogP contribution in [-0.2, 0) is 11.3 Å². The lowest BCUT2D eigenvalue weighted by molar-refractivity contribution is -0.384. The number of amides is 1. The molecule has 0 radical (unpaired) electrons. The number of piperazine rings is 1. The Morgan fingerprint density at radius 3 is 2.48 bits per heavy atom. The van der Waals surface area contributed by atoms with Crippen LogP contribution in [-0.4, -0.2) is 46.8 Å². The predicted octanol–water partition coefficient (Wildman–Crippen LogP) is 3.01. The van der Waals surface area contributed by atoms with Gasteiger partial charge in [-0.2, -0.15) is 0 Å². The Labute approximate surface area is 150 Å². The third-order valence-corrected chi connectivity index (χ3v) is 5.03. The number of nitro benzene ring substituents is 1. The maximum absolute atomic E-state index is 12.3. The molecule has 1 fully saturated rings. The summed E-state index contributed by atoms with van der Waals surface area (Å²) in [6.07, 6.45) is 3.24. The molecule has 0 N–H and O–H groups in total. The third-order valence-electron chi connectivity index (χ3n) is 4.17. The van der Waals surface area contributed by atoms with E-state index >= 15 is 0 Å². The first-order chi connectivity index (χ1) is 12.1. The van der Waals surface area contributed by atoms with Gasteiger partial charge in [-0.25, -0.2) is 0 Å². The van der Waals surface area contributed by atoms with Crippen LogP contribution in [0.4, 0.5) is 5.69 Å². The van der Waals surface area contributed by atoms with E-state index < -0.39 is 4.92 Å². The van der Waals surface area contributed by atoms with E-state index in [0.29, 0.717) is 0 Å². The van der Waals surface area contributed by atoms with E-state index in [4.69, 9.17) is 0 Å². The molecular weight excluding hydrogens is 338 g/mol. The second-order valence-electron chi connectivity index (χ2n) is 5.86. The van der Waals surface area contributed by atoms with Crippen molar-refractivity contribution in [1.29, 1.82) is 0 Å². The molecule has 25 heavy (non-hydrogen) atoms. The number of hydrogen-bond acceptors (Lipinski definition) is 5. The standard InChI is InChI=1S/C18H19N3O3S/c22-18(8-5-15-3-6-16(7-4-15)21(23)24)20-11-9-19(10-12-20)14-17-2-1-13-25-17/h1-8,13H,9-12,14H2/b8-5+. The van der Waals surface area contributed by atoms with Gasteiger partial charge in [0.2, 0.25) is 5.91 Å². The summed E-state index contributed by atoms with van der Waals surface area (Å²) in [7, 11) is 0. The average molecular weight is 357 g/mol. The molecule has 2 aromatic rings. The lowest BCUT2D eigenvalue weighted by Gasteiger charge is -2.33. The largest absolute Gasteiger partial charge is 0.337 e. The van der Waals surface area contributed by atoms with E-state index in [-0.39, 0.29) is 11.6 Å². The van der Waals surface area contributed by atoms with Gasteiger partial charge in [0.15, 0.2) is 0 Å². The first-order valence-electron chi connectivity index (χ1n) is 8.08. The van der Waals surface area contributed by atoms with Gasteiger partial charge in [0.25, 0.3) is 5.69 Å². The molecule has 1 aromatic carbocycles. The van der Waals surface area contributed by atoms with E-state index in [2.05, 4.69) is 22.4 Å². The second kappa shape index (κ2) is 8.04. The molecule has 1 saturated heterocycles. The monoisotopic (exact) mass is 357 g/mol. The van der Waals surface area contributed by atoms with Gasteiger partial charge in [0, 0.05) is 55.8 Å². The Morgan fingerprint density at radius 1 is 1.16 bits per heavy atom. The van der Waals surface area contributed by atoms with Crippen molar-refractivity contribution >= 4 is 29.0 Å². The molecule has 0 atom stereocenters. The number of rotatable bonds is 5. The number of non-ortho nitro benzene ring substituents is 1. The average Bonchev–Trinajstić information content (AvgIpc) is 3.13. The minimum Gasteiger partial charge on any atom is -0.337 e. The van der Waals surface area contributed by atoms with E-state index in [1.165, 1.54) is 23.1 Å². The highest BCUT2D eigenvalue weighted by Gasteiger charge is 2.19. The van der Waals surface area contributed by atoms with Crippen LogP contribution in [0.2, 0.25) is 0 Å². The molecule has 1 aliphatic heterocycles. The Kier molecular flexibility index (Phi) is 5.57. The number of nitrogens with zero attached hydrogens (tertiary/aromatic N) is 3. The molecular formula is C18H19N3O3S. The van der Waals surface area contributed by atoms with Crippen molar-refractivity contribution in [2.75, 3.05) is 26.2 Å². The van der Waals surface area contributed by atoms with Crippen molar-refractivity contribution < 1.29 is 9.72 Å². The molecule has 0 unspecified atom stereocenters. The number of carbonyl (C=O) groups excluding carboxylic acids is 1. The lowest BCUT2D eigenvalue weighted by Crippen LogP contribution is -2.47. The first-order valence-corrected chi connectivity index (χ1v) is 8.96. The fraction of sp³-hybridized carbons (Fsp3) is 0.278. The van der Waals surface area contributed by atoms with Crippen molar-refractivity contribution in [1.82, 2.24) is 9.80 Å². The normalized spacial score (nSPS) is 15.6. The third kappa shape index (κ3) is 4.74. The van der Waals surface area contributed by atoms with E-state index in [0.717, 1.165) is 38.3 Å². The molecule has 1 aliphatic rings. The molecule has 7 heteroatoms. The second-order valence-corrected chi connectivity index (χ2v) is 6.90. The Bertz CT molecular complexity index is 748. The van der Waals surface area contributed by atoms with Gasteiger partial charge in [0.1, 0.15) is 0 Å². The van der Waals surface area contributed by atoms with Gasteiger partial charge in [-0.05, 0) is 35.2 Å². The molecule has 0 saturated carbocycles. The van der Waals surface area contributed by atoms with Crippen LogP contribution in [0.15, 0.2) is 47.9 Å². The minimum atomic E-state index is -0.436. The summed E-state index contributed by atoms with van der Waals surface area (Å²) in [5.74, 6) is -0.0193. The molecule has 6 nitrogen and oxygen atoms in total. The number of carbonyl (C=O) groups is 1. The smallest absolute Gasteiger partial charge is 0.269 e. The van der Waals surface area contributed by atoms with Crippen LogP contribution in [0.5, 0.6) is 0 Å². The van der Waals surface area contributed by atoms with Gasteiger partial charge in [-0.1, -0.05) is 6.07 Å². The summed E-state index contributed by atoms with van der Waals surface area (Å²) < 4.78 is 0. The van der Waals surface area contributed by atoms with Gasteiger partial charge in [-0.15, -0.1) is 11.3 Å². The van der Waals surface area contributed by atoms with E-state index in [1.54, 1.807) is 29.5 Å². The maximum atomic E-state index is 12.3. The van der Waals surface area contributed by atoms with Crippen molar-refractivity contribution in [3.63, 3.8) is 0 Å². The Hall–Kier alpha value is -2.51. The minimum absolute atomic E-state index is 0.0193. The molecule has 1 aromatic heterocycles. The van der Waals surface area contributed by atoms with Crippen molar-refractivity contribution in [3.8, 4) is 0 Å². The molecule has 130 valence electrons. The van der Waals surface area contributed by atoms with Crippen LogP contribution < -0.4 is 0 Å². The van der Waals surface area contributed by atoms with Crippen LogP contribution >= 0.6 is 11.3 Å². The highest BCUT2D eigenvalue weighted by atomic mass is 32.1. The quantitative estimate of drug-likeness (QED) is 0.469. The fourth-order valence-electron chi connectivity index (χ4n) is 2.73. The van der Waals surface area contributed by atoms with Gasteiger partial charge in [0.05, 0.1) is 4.92 Å². The highest BCUT2D eigenvalue weighted by Crippen LogP contribution is 2.15. The van der Waals surface area contributed by atoms with E-state index in [9.17, 15) is 14.9 Å². The topological polar surface area (TPSA) is 66.7 Å². The highest BCUT2D eigenvalue weighted by molar-refractivity contribution is 7.09. The summed E-state index contributed by atoms with van der Waals surface area (Å²) in [5.41, 5.74) is 0.820. The van der Waals surface area contributed by atoms with Crippen molar-refractivity contribution in [2.24, 2.45) is 0 Å². The summed E-state index contributed by atoms with van der Waals surface area (Å²) in [6.45, 7) is 4.12. The van der Waals surface area contributed by atoms with Crippen molar-refractivity contribution in [3.05, 3.63) is 68.4 Å². The van der Waals surface area contributed by atoms with Gasteiger partial charge < -0.3 is 4.90 Å². The molecule has 2 heterocycles. The number of benzene rings is 1. The predicted molar refractivity (Wildman–Crippen MR) is 98.3 cm³/mol. The summed E-state index contributed by atoms with van der Waals surface area (Å²) in [4.78, 5) is 28.0. The van der Waals surface area contributed by atoms with Crippen LogP contribution in [0.3, 0.4) is 0 Å². The molecule has 0 bridgehead atoms. The van der Waals surface area contributed by atoms with Crippen LogP contribution in [0.1, 0.15) is 10.4 Å². The Balaban J connectivity index is 1.49. The van der Waals surface area contributed by atoms with E-state index in [1.807, 2.05) is 4.90 Å². The van der Waals surface area contributed by atoms with Crippen LogP contribution in [0, 0.1) is 10.1 Å². The summed E-state index contributed by atoms with van der Waals surface area (Å²) >= 11 is 1.76. The molecule has 0 spiro atoms. The van der Waals surface area contributed by atoms with Crippen molar-refractivity contribution in [2.45, 2.75) is 6.54 Å². The Morgan fingerprint density at radius 2 is 1.88 bits per heavy atom. The number of thiophene rings is 1. The fourth-order valence-corrected chi connectivity index (χ4v) is 3.48. The summed E-state index contributed by atoms with van der Waals surface area (Å²) in [6, 6.07) is 10.3. The lowest BCUT2D eigenvalue weighted by atomic mass is 10.2. The van der Waals surface area contributed by atoms with Crippen LogP contribution in [0.25, 0.3) is 6.08 Å². The zero-order valence-corrected chi connectivity index (χ0v) is 14.5. The number of nitro groups is 1. The number of hydrogen-bond donors (Lipinski definition) is 0. The molecule has 1 amide bonds. The first kappa shape index (κ1) is 17.3. The zero-order valence-electron chi connectivity index (χ0n) is 13.7. The van der Waals surface area contributed by atoms with Gasteiger partial charge in [-0.3, -0.25) is 19.8 Å². The molecule has 3 rings (SSSR count). The zero-order chi connectivity index (χ0) is 17.6.